The van der Waals surface area contributed by atoms with E-state index in [1.807, 2.05) is 25.1 Å². The molecule has 0 radical (unpaired) electrons. The highest BCUT2D eigenvalue weighted by molar-refractivity contribution is 8.18. The predicted molar refractivity (Wildman–Crippen MR) is 130 cm³/mol. The van der Waals surface area contributed by atoms with Gasteiger partial charge in [0.15, 0.2) is 0 Å². The highest BCUT2D eigenvalue weighted by atomic mass is 32.2. The van der Waals surface area contributed by atoms with E-state index in [9.17, 15) is 19.2 Å². The maximum atomic E-state index is 12.7. The molecule has 0 atom stereocenters. The van der Waals surface area contributed by atoms with Crippen molar-refractivity contribution in [3.05, 3.63) is 100 Å². The summed E-state index contributed by atoms with van der Waals surface area (Å²) in [4.78, 5) is 50.6. The molecule has 0 unspecified atom stereocenters. The van der Waals surface area contributed by atoms with Crippen LogP contribution in [-0.2, 0) is 9.59 Å². The molecule has 0 aliphatic carbocycles. The van der Waals surface area contributed by atoms with Gasteiger partial charge in [0.25, 0.3) is 11.1 Å². The number of esters is 1. The summed E-state index contributed by atoms with van der Waals surface area (Å²) in [7, 11) is 0. The Kier molecular flexibility index (Phi) is 6.89. The van der Waals surface area contributed by atoms with Crippen molar-refractivity contribution in [2.75, 3.05) is 11.9 Å². The Hall–Kier alpha value is -4.17. The van der Waals surface area contributed by atoms with Crippen molar-refractivity contribution < 1.29 is 23.9 Å². The first-order valence-corrected chi connectivity index (χ1v) is 11.2. The maximum absolute atomic E-state index is 12.7. The van der Waals surface area contributed by atoms with Crippen molar-refractivity contribution in [1.29, 1.82) is 0 Å². The molecule has 34 heavy (non-hydrogen) atoms. The van der Waals surface area contributed by atoms with Gasteiger partial charge >= 0.3 is 5.97 Å². The summed E-state index contributed by atoms with van der Waals surface area (Å²) in [5.74, 6) is -1.11. The minimum Gasteiger partial charge on any atom is -0.423 e. The topological polar surface area (TPSA) is 92.8 Å². The smallest absolute Gasteiger partial charge is 0.343 e. The van der Waals surface area contributed by atoms with Gasteiger partial charge in [-0.1, -0.05) is 48.0 Å². The summed E-state index contributed by atoms with van der Waals surface area (Å²) in [6.07, 6.45) is 1.56. The predicted octanol–water partition coefficient (Wildman–Crippen LogP) is 4.89. The summed E-state index contributed by atoms with van der Waals surface area (Å²) in [6.45, 7) is 1.56. The number of aryl methyl sites for hydroxylation is 1. The molecule has 8 heteroatoms. The number of para-hydroxylation sites is 1. The second kappa shape index (κ2) is 10.2. The van der Waals surface area contributed by atoms with Crippen LogP contribution in [0.3, 0.4) is 0 Å². The van der Waals surface area contributed by atoms with E-state index in [1.54, 1.807) is 66.7 Å². The number of imide groups is 1. The Morgan fingerprint density at radius 3 is 2.29 bits per heavy atom. The Labute approximate surface area is 200 Å². The largest absolute Gasteiger partial charge is 0.423 e. The lowest BCUT2D eigenvalue weighted by Gasteiger charge is -2.12. The molecular weight excluding hydrogens is 452 g/mol. The van der Waals surface area contributed by atoms with Crippen LogP contribution in [-0.4, -0.2) is 34.5 Å². The van der Waals surface area contributed by atoms with E-state index in [0.29, 0.717) is 22.6 Å². The molecule has 1 aliphatic rings. The minimum absolute atomic E-state index is 0.210. The van der Waals surface area contributed by atoms with Gasteiger partial charge in [-0.2, -0.15) is 0 Å². The summed E-state index contributed by atoms with van der Waals surface area (Å²) < 4.78 is 5.37. The van der Waals surface area contributed by atoms with Gasteiger partial charge in [0.1, 0.15) is 12.3 Å². The van der Waals surface area contributed by atoms with Crippen LogP contribution in [0.5, 0.6) is 5.75 Å². The molecule has 0 aromatic heterocycles. The molecule has 3 aromatic carbocycles. The van der Waals surface area contributed by atoms with Gasteiger partial charge in [0, 0.05) is 5.69 Å². The quantitative estimate of drug-likeness (QED) is 0.312. The molecule has 1 saturated heterocycles. The lowest BCUT2D eigenvalue weighted by molar-refractivity contribution is -0.127. The number of nitrogens with zero attached hydrogens (tertiary/aromatic N) is 1. The molecule has 1 fully saturated rings. The van der Waals surface area contributed by atoms with Crippen LogP contribution < -0.4 is 10.1 Å². The van der Waals surface area contributed by atoms with E-state index in [0.717, 1.165) is 22.2 Å². The molecule has 1 aliphatic heterocycles. The number of hydrogen-bond acceptors (Lipinski definition) is 6. The van der Waals surface area contributed by atoms with E-state index < -0.39 is 23.0 Å². The number of amides is 3. The highest BCUT2D eigenvalue weighted by Crippen LogP contribution is 2.32. The second-order valence-electron chi connectivity index (χ2n) is 7.51. The molecule has 7 nitrogen and oxygen atoms in total. The van der Waals surface area contributed by atoms with Crippen LogP contribution in [0.2, 0.25) is 0 Å². The van der Waals surface area contributed by atoms with Gasteiger partial charge in [-0.3, -0.25) is 19.3 Å². The van der Waals surface area contributed by atoms with Crippen LogP contribution in [0, 0.1) is 6.92 Å². The number of rotatable bonds is 6. The average Bonchev–Trinajstić information content (AvgIpc) is 3.08. The van der Waals surface area contributed by atoms with Gasteiger partial charge in [-0.25, -0.2) is 4.79 Å². The van der Waals surface area contributed by atoms with Gasteiger partial charge in [-0.05, 0) is 66.7 Å². The normalized spacial score (nSPS) is 14.4. The summed E-state index contributed by atoms with van der Waals surface area (Å²) in [6, 6.07) is 22.4. The van der Waals surface area contributed by atoms with Crippen molar-refractivity contribution >= 4 is 46.5 Å². The van der Waals surface area contributed by atoms with Crippen molar-refractivity contribution in [3.63, 3.8) is 0 Å². The molecule has 1 N–H and O–H groups in total. The van der Waals surface area contributed by atoms with Gasteiger partial charge in [0.2, 0.25) is 5.91 Å². The highest BCUT2D eigenvalue weighted by Gasteiger charge is 2.36. The monoisotopic (exact) mass is 472 g/mol. The first-order valence-electron chi connectivity index (χ1n) is 10.4. The van der Waals surface area contributed by atoms with Crippen LogP contribution >= 0.6 is 11.8 Å². The summed E-state index contributed by atoms with van der Waals surface area (Å²) >= 11 is 0.771. The lowest BCUT2D eigenvalue weighted by Crippen LogP contribution is -2.36. The molecule has 3 aromatic rings. The van der Waals surface area contributed by atoms with Crippen molar-refractivity contribution in [3.8, 4) is 5.75 Å². The van der Waals surface area contributed by atoms with Gasteiger partial charge in [0.05, 0.1) is 10.5 Å². The van der Waals surface area contributed by atoms with Crippen molar-refractivity contribution in [2.24, 2.45) is 0 Å². The molecule has 0 saturated carbocycles. The zero-order valence-corrected chi connectivity index (χ0v) is 19.0. The minimum atomic E-state index is -0.534. The Morgan fingerprint density at radius 2 is 1.62 bits per heavy atom. The van der Waals surface area contributed by atoms with Crippen molar-refractivity contribution in [2.45, 2.75) is 6.92 Å². The number of carbonyl (C=O) groups is 4. The number of thioether (sulfide) groups is 1. The molecule has 1 heterocycles. The number of benzene rings is 3. The summed E-state index contributed by atoms with van der Waals surface area (Å²) in [5, 5.41) is 2.14. The SMILES string of the molecule is Cc1ccc(C(=O)Oc2ccc(/C=C3\SC(=O)N(CC(=O)Nc4ccccc4)C3=O)cc2)cc1. The third-order valence-corrected chi connectivity index (χ3v) is 5.82. The molecule has 3 amide bonds. The van der Waals surface area contributed by atoms with Crippen LogP contribution in [0.15, 0.2) is 83.8 Å². The first-order chi connectivity index (χ1) is 16.4. The third-order valence-electron chi connectivity index (χ3n) is 4.91. The number of anilines is 1. The first kappa shape index (κ1) is 23.0. The average molecular weight is 473 g/mol. The van der Waals surface area contributed by atoms with Gasteiger partial charge < -0.3 is 10.1 Å². The van der Waals surface area contributed by atoms with E-state index in [1.165, 1.54) is 0 Å². The Bertz CT molecular complexity index is 1270. The van der Waals surface area contributed by atoms with Gasteiger partial charge in [-0.15, -0.1) is 0 Å². The maximum Gasteiger partial charge on any atom is 0.343 e. The van der Waals surface area contributed by atoms with E-state index in [2.05, 4.69) is 5.32 Å². The number of ether oxygens (including phenoxy) is 1. The van der Waals surface area contributed by atoms with Crippen LogP contribution in [0.1, 0.15) is 21.5 Å². The Balaban J connectivity index is 1.38. The molecular formula is C26H20N2O5S. The van der Waals surface area contributed by atoms with Crippen molar-refractivity contribution in [1.82, 2.24) is 4.90 Å². The van der Waals surface area contributed by atoms with E-state index >= 15 is 0 Å². The molecule has 4 rings (SSSR count). The fourth-order valence-electron chi connectivity index (χ4n) is 3.14. The Morgan fingerprint density at radius 1 is 0.941 bits per heavy atom. The summed E-state index contributed by atoms with van der Waals surface area (Å²) in [5.41, 5.74) is 2.72. The van der Waals surface area contributed by atoms with E-state index in [-0.39, 0.29) is 11.4 Å². The van der Waals surface area contributed by atoms with E-state index in [4.69, 9.17) is 4.74 Å². The van der Waals surface area contributed by atoms with Crippen LogP contribution in [0.4, 0.5) is 10.5 Å². The fraction of sp³-hybridized carbons (Fsp3) is 0.0769. The lowest BCUT2D eigenvalue weighted by atomic mass is 10.1. The fourth-order valence-corrected chi connectivity index (χ4v) is 3.98. The number of hydrogen-bond donors (Lipinski definition) is 1. The zero-order chi connectivity index (χ0) is 24.1. The van der Waals surface area contributed by atoms with Crippen LogP contribution in [0.25, 0.3) is 6.08 Å². The zero-order valence-electron chi connectivity index (χ0n) is 18.2. The number of nitrogens with one attached hydrogen (secondary N) is 1. The second-order valence-corrected chi connectivity index (χ2v) is 8.50. The third kappa shape index (κ3) is 5.60. The molecule has 170 valence electrons. The molecule has 0 spiro atoms. The number of carbonyl (C=O) groups excluding carboxylic acids is 4. The standard InChI is InChI=1S/C26H20N2O5S/c1-17-7-11-19(12-8-17)25(31)33-21-13-9-18(10-14-21)15-22-24(30)28(26(32)34-22)16-23(29)27-20-5-3-2-4-6-20/h2-15H,16H2,1H3,(H,27,29)/b22-15-. The molecule has 0 bridgehead atoms.